The van der Waals surface area contributed by atoms with Gasteiger partial charge in [0.05, 0.1) is 16.7 Å². The second-order valence-electron chi connectivity index (χ2n) is 12.0. The first-order chi connectivity index (χ1) is 22.4. The van der Waals surface area contributed by atoms with Gasteiger partial charge in [-0.3, -0.25) is 4.99 Å². The fraction of sp³-hybridized carbons (Fsp3) is 0.0682. The molecule has 1 aromatic heterocycles. The van der Waals surface area contributed by atoms with Gasteiger partial charge >= 0.3 is 0 Å². The fourth-order valence-electron chi connectivity index (χ4n) is 6.08. The summed E-state index contributed by atoms with van der Waals surface area (Å²) in [6.45, 7) is 10.8. The van der Waals surface area contributed by atoms with Crippen LogP contribution in [-0.2, 0) is 0 Å². The van der Waals surface area contributed by atoms with Crippen LogP contribution in [0.3, 0.4) is 0 Å². The lowest BCUT2D eigenvalue weighted by atomic mass is 10.00. The summed E-state index contributed by atoms with van der Waals surface area (Å²) in [6, 6.07) is 51.8. The van der Waals surface area contributed by atoms with Gasteiger partial charge < -0.3 is 4.57 Å². The number of aryl methyl sites for hydroxylation is 2. The maximum Gasteiger partial charge on any atom is 0.0711 e. The molecule has 7 rings (SSSR count). The van der Waals surface area contributed by atoms with E-state index in [0.717, 1.165) is 44.9 Å². The molecule has 7 aromatic rings. The predicted octanol–water partition coefficient (Wildman–Crippen LogP) is 11.6. The molecule has 2 nitrogen and oxygen atoms in total. The monoisotopic (exact) mass is 592 g/mol. The van der Waals surface area contributed by atoms with E-state index in [1.165, 1.54) is 38.5 Å². The molecule has 46 heavy (non-hydrogen) atoms. The topological polar surface area (TPSA) is 17.3 Å². The van der Waals surface area contributed by atoms with Crippen molar-refractivity contribution in [3.05, 3.63) is 186 Å². The molecule has 0 saturated heterocycles. The lowest BCUT2D eigenvalue weighted by Gasteiger charge is -2.10. The molecule has 1 heterocycles. The molecule has 6 aromatic carbocycles. The Bertz CT molecular complexity index is 2250. The first kappa shape index (κ1) is 29.0. The van der Waals surface area contributed by atoms with Crippen molar-refractivity contribution >= 4 is 38.8 Å². The average Bonchev–Trinajstić information content (AvgIpc) is 3.42. The maximum absolute atomic E-state index is 5.26. The molecule has 0 bridgehead atoms. The van der Waals surface area contributed by atoms with Crippen LogP contribution >= 0.6 is 0 Å². The van der Waals surface area contributed by atoms with Crippen LogP contribution in [0.4, 0.5) is 0 Å². The Balaban J connectivity index is 1.45. The molecule has 0 spiro atoms. The van der Waals surface area contributed by atoms with Crippen LogP contribution in [0.5, 0.6) is 0 Å². The Labute approximate surface area is 271 Å². The third kappa shape index (κ3) is 5.74. The highest BCUT2D eigenvalue weighted by Crippen LogP contribution is 2.37. The van der Waals surface area contributed by atoms with E-state index in [1.807, 2.05) is 0 Å². The van der Waals surface area contributed by atoms with Crippen LogP contribution in [-0.4, -0.2) is 10.3 Å². The Kier molecular flexibility index (Phi) is 7.78. The Morgan fingerprint density at radius 3 is 1.76 bits per heavy atom. The number of hydrogen-bond acceptors (Lipinski definition) is 1. The second kappa shape index (κ2) is 12.3. The number of rotatable bonds is 7. The predicted molar refractivity (Wildman–Crippen MR) is 198 cm³/mol. The number of allylic oxidation sites excluding steroid dienone is 2. The minimum atomic E-state index is 0.880. The molecule has 0 aliphatic heterocycles. The molecule has 0 amide bonds. The van der Waals surface area contributed by atoms with E-state index < -0.39 is 0 Å². The van der Waals surface area contributed by atoms with E-state index in [0.29, 0.717) is 0 Å². The molecular formula is C44H36N2. The van der Waals surface area contributed by atoms with Gasteiger partial charge in [-0.2, -0.15) is 0 Å². The zero-order valence-corrected chi connectivity index (χ0v) is 26.5. The molecule has 222 valence electrons. The lowest BCUT2D eigenvalue weighted by Crippen LogP contribution is -1.97. The van der Waals surface area contributed by atoms with Crippen molar-refractivity contribution in [1.82, 2.24) is 4.57 Å². The van der Waals surface area contributed by atoms with Gasteiger partial charge in [0.2, 0.25) is 0 Å². The van der Waals surface area contributed by atoms with E-state index in [2.05, 4.69) is 184 Å². The van der Waals surface area contributed by atoms with E-state index in [-0.39, 0.29) is 0 Å². The molecule has 0 radical (unpaired) electrons. The van der Waals surface area contributed by atoms with Gasteiger partial charge in [-0.15, -0.1) is 0 Å². The van der Waals surface area contributed by atoms with Crippen LogP contribution in [0, 0.1) is 13.8 Å². The first-order valence-electron chi connectivity index (χ1n) is 15.7. The van der Waals surface area contributed by atoms with E-state index >= 15 is 0 Å². The average molecular weight is 593 g/mol. The van der Waals surface area contributed by atoms with Crippen LogP contribution in [0.1, 0.15) is 34.7 Å². The van der Waals surface area contributed by atoms with Crippen molar-refractivity contribution in [3.63, 3.8) is 0 Å². The Morgan fingerprint density at radius 1 is 0.565 bits per heavy atom. The highest BCUT2D eigenvalue weighted by Gasteiger charge is 2.16. The number of nitrogens with zero attached hydrogens (tertiary/aromatic N) is 2. The highest BCUT2D eigenvalue weighted by molar-refractivity contribution is 6.12. The standard InChI is InChI=1S/C44H36N2/c1-30-15-19-34(20-16-30)32(3)27-42(45-33(4)35-21-17-31(2)18-22-35)38-24-26-44-41(29-38)40-28-37(36-11-7-5-8-12-36)23-25-43(40)46(44)39-13-9-6-10-14-39/h5-29H,3H2,1-2,4H3/b42-27-,45-33?. The molecular weight excluding hydrogens is 556 g/mol. The molecule has 0 N–H and O–H groups in total. The number of fused-ring (bicyclic) bond motifs is 3. The minimum Gasteiger partial charge on any atom is -0.309 e. The maximum atomic E-state index is 5.26. The van der Waals surface area contributed by atoms with Gasteiger partial charge in [0.1, 0.15) is 0 Å². The third-order valence-corrected chi connectivity index (χ3v) is 8.67. The van der Waals surface area contributed by atoms with Crippen LogP contribution < -0.4 is 0 Å². The zero-order valence-electron chi connectivity index (χ0n) is 26.5. The van der Waals surface area contributed by atoms with Gasteiger partial charge in [-0.25, -0.2) is 0 Å². The molecule has 2 heteroatoms. The van der Waals surface area contributed by atoms with Gasteiger partial charge in [0, 0.05) is 27.7 Å². The summed E-state index contributed by atoms with van der Waals surface area (Å²) in [6.07, 6.45) is 2.12. The summed E-state index contributed by atoms with van der Waals surface area (Å²) in [5.41, 5.74) is 14.3. The fourth-order valence-corrected chi connectivity index (χ4v) is 6.08. The van der Waals surface area contributed by atoms with Crippen molar-refractivity contribution < 1.29 is 0 Å². The van der Waals surface area contributed by atoms with Crippen molar-refractivity contribution in [2.75, 3.05) is 0 Å². The summed E-state index contributed by atoms with van der Waals surface area (Å²) >= 11 is 0. The van der Waals surface area contributed by atoms with Crippen molar-refractivity contribution in [2.45, 2.75) is 20.8 Å². The number of benzene rings is 6. The smallest absolute Gasteiger partial charge is 0.0711 e. The van der Waals surface area contributed by atoms with Gasteiger partial charge in [0.15, 0.2) is 0 Å². The quantitative estimate of drug-likeness (QED) is 0.129. The Hall–Kier alpha value is -5.73. The third-order valence-electron chi connectivity index (χ3n) is 8.67. The van der Waals surface area contributed by atoms with Crippen molar-refractivity contribution in [1.29, 1.82) is 0 Å². The normalized spacial score (nSPS) is 12.2. The SMILES string of the molecule is C=C(/C=C(\N=C(C)c1ccc(C)cc1)c1ccc2c(c1)c1cc(-c3ccccc3)ccc1n2-c1ccccc1)c1ccc(C)cc1. The molecule has 0 aliphatic rings. The second-order valence-corrected chi connectivity index (χ2v) is 12.0. The highest BCUT2D eigenvalue weighted by atomic mass is 15.0. The summed E-state index contributed by atoms with van der Waals surface area (Å²) in [5.74, 6) is 0. The summed E-state index contributed by atoms with van der Waals surface area (Å²) in [7, 11) is 0. The number of aliphatic imine (C=N–C) groups is 1. The van der Waals surface area contributed by atoms with E-state index in [1.54, 1.807) is 0 Å². The molecule has 0 unspecified atom stereocenters. The van der Waals surface area contributed by atoms with Gasteiger partial charge in [0.25, 0.3) is 0 Å². The van der Waals surface area contributed by atoms with Gasteiger partial charge in [-0.05, 0) is 91.1 Å². The first-order valence-corrected chi connectivity index (χ1v) is 15.7. The molecule has 0 atom stereocenters. The molecule has 0 fully saturated rings. The van der Waals surface area contributed by atoms with Crippen LogP contribution in [0.15, 0.2) is 163 Å². The van der Waals surface area contributed by atoms with Crippen LogP contribution in [0.25, 0.3) is 49.9 Å². The number of para-hydroxylation sites is 1. The van der Waals surface area contributed by atoms with Gasteiger partial charge in [-0.1, -0.05) is 127 Å². The Morgan fingerprint density at radius 2 is 1.11 bits per heavy atom. The van der Waals surface area contributed by atoms with Crippen molar-refractivity contribution in [3.8, 4) is 16.8 Å². The minimum absolute atomic E-state index is 0.880. The summed E-state index contributed by atoms with van der Waals surface area (Å²) in [4.78, 5) is 5.26. The largest absolute Gasteiger partial charge is 0.309 e. The van der Waals surface area contributed by atoms with E-state index in [4.69, 9.17) is 4.99 Å². The van der Waals surface area contributed by atoms with E-state index in [9.17, 15) is 0 Å². The zero-order chi connectivity index (χ0) is 31.6. The number of aromatic nitrogens is 1. The molecule has 0 saturated carbocycles. The summed E-state index contributed by atoms with van der Waals surface area (Å²) in [5, 5.41) is 2.39. The van der Waals surface area contributed by atoms with Crippen molar-refractivity contribution in [2.24, 2.45) is 4.99 Å². The molecule has 0 aliphatic carbocycles. The number of hydrogen-bond donors (Lipinski definition) is 0. The van der Waals surface area contributed by atoms with Crippen LogP contribution in [0.2, 0.25) is 0 Å². The summed E-state index contributed by atoms with van der Waals surface area (Å²) < 4.78 is 2.36. The lowest BCUT2D eigenvalue weighted by molar-refractivity contribution is 1.18.